The molecule has 2 aliphatic rings. The van der Waals surface area contributed by atoms with Crippen LogP contribution in [-0.2, 0) is 19.1 Å². The van der Waals surface area contributed by atoms with Crippen LogP contribution in [0.15, 0.2) is 0 Å². The van der Waals surface area contributed by atoms with Gasteiger partial charge >= 0.3 is 6.03 Å². The standard InChI is InChI=1S/C24H45N5O5S/c1-19(30)8-11-25-9-5-13-33-15-16-34-14-6-10-26-22(31)17-29(2)12-4-3-7-21-23-20(18-35-21)27-24(32)28-23/h20-21,23,25H,3-18H2,1-2H3,(H,26,31)(H2,27,28,32)/t20-,21-,23-/m0/s1. The second-order valence-electron chi connectivity index (χ2n) is 9.34. The molecular formula is C24H45N5O5S. The maximum atomic E-state index is 12.1. The fourth-order valence-electron chi connectivity index (χ4n) is 4.16. The fraction of sp³-hybridized carbons (Fsp3) is 0.875. The van der Waals surface area contributed by atoms with Gasteiger partial charge in [0.15, 0.2) is 0 Å². The van der Waals surface area contributed by atoms with E-state index in [0.717, 1.165) is 57.5 Å². The number of ether oxygens (including phenoxy) is 2. The zero-order valence-corrected chi connectivity index (χ0v) is 22.3. The average molecular weight is 516 g/mol. The van der Waals surface area contributed by atoms with Gasteiger partial charge in [0.1, 0.15) is 5.78 Å². The molecule has 2 fully saturated rings. The smallest absolute Gasteiger partial charge is 0.315 e. The molecule has 0 saturated carbocycles. The normalized spacial score (nSPS) is 21.1. The number of rotatable bonds is 21. The minimum absolute atomic E-state index is 0.0322. The SMILES string of the molecule is CC(=O)CCNCCCOCCOCCCNC(=O)CN(C)CCCC[C@@H]1SC[C@@H]2NC(=O)N[C@@H]21. The Morgan fingerprint density at radius 3 is 2.51 bits per heavy atom. The van der Waals surface area contributed by atoms with Crippen LogP contribution in [0.3, 0.4) is 0 Å². The second-order valence-corrected chi connectivity index (χ2v) is 10.6. The summed E-state index contributed by atoms with van der Waals surface area (Å²) in [5.41, 5.74) is 0. The van der Waals surface area contributed by atoms with Gasteiger partial charge in [0.2, 0.25) is 5.91 Å². The van der Waals surface area contributed by atoms with Gasteiger partial charge < -0.3 is 30.7 Å². The van der Waals surface area contributed by atoms with E-state index in [1.807, 2.05) is 18.8 Å². The quantitative estimate of drug-likeness (QED) is 0.131. The predicted molar refractivity (Wildman–Crippen MR) is 139 cm³/mol. The van der Waals surface area contributed by atoms with Crippen molar-refractivity contribution in [3.63, 3.8) is 0 Å². The Morgan fingerprint density at radius 2 is 1.77 bits per heavy atom. The number of nitrogens with one attached hydrogen (secondary N) is 4. The molecule has 2 saturated heterocycles. The lowest BCUT2D eigenvalue weighted by atomic mass is 10.0. The molecule has 11 heteroatoms. The maximum absolute atomic E-state index is 12.1. The summed E-state index contributed by atoms with van der Waals surface area (Å²) in [6, 6.07) is 0.520. The van der Waals surface area contributed by atoms with Gasteiger partial charge in [-0.15, -0.1) is 0 Å². The number of thioether (sulfide) groups is 1. The van der Waals surface area contributed by atoms with Crippen LogP contribution >= 0.6 is 11.8 Å². The molecule has 10 nitrogen and oxygen atoms in total. The number of fused-ring (bicyclic) bond motifs is 1. The summed E-state index contributed by atoms with van der Waals surface area (Å²) in [5, 5.41) is 12.7. The van der Waals surface area contributed by atoms with Gasteiger partial charge in [-0.3, -0.25) is 14.5 Å². The summed E-state index contributed by atoms with van der Waals surface area (Å²) in [6.45, 7) is 7.48. The molecule has 3 atom stereocenters. The lowest BCUT2D eigenvalue weighted by molar-refractivity contribution is -0.122. The minimum atomic E-state index is -0.0322. The van der Waals surface area contributed by atoms with Crippen LogP contribution in [0.25, 0.3) is 0 Å². The highest BCUT2D eigenvalue weighted by molar-refractivity contribution is 8.00. The molecular weight excluding hydrogens is 470 g/mol. The lowest BCUT2D eigenvalue weighted by Crippen LogP contribution is -2.37. The Morgan fingerprint density at radius 1 is 1.03 bits per heavy atom. The number of ketones is 1. The zero-order chi connectivity index (χ0) is 25.3. The van der Waals surface area contributed by atoms with E-state index in [9.17, 15) is 14.4 Å². The Labute approximate surface area is 214 Å². The number of hydrogen-bond acceptors (Lipinski definition) is 8. The van der Waals surface area contributed by atoms with Gasteiger partial charge in [0.05, 0.1) is 31.8 Å². The molecule has 0 bridgehead atoms. The van der Waals surface area contributed by atoms with Crippen LogP contribution in [-0.4, -0.2) is 112 Å². The van der Waals surface area contributed by atoms with E-state index < -0.39 is 0 Å². The average Bonchev–Trinajstić information content (AvgIpc) is 3.36. The first-order valence-corrected chi connectivity index (χ1v) is 14.0. The number of Topliss-reactive ketones (excluding diaryl/α,β-unsaturated/α-hetero) is 1. The summed E-state index contributed by atoms with van der Waals surface area (Å²) in [6.07, 6.45) is 5.51. The van der Waals surface area contributed by atoms with Crippen LogP contribution in [0.1, 0.15) is 45.4 Å². The number of likely N-dealkylation sites (N-methyl/N-ethyl adjacent to an activating group) is 1. The minimum Gasteiger partial charge on any atom is -0.379 e. The van der Waals surface area contributed by atoms with Crippen molar-refractivity contribution in [2.24, 2.45) is 0 Å². The van der Waals surface area contributed by atoms with E-state index in [-0.39, 0.29) is 29.8 Å². The summed E-state index contributed by atoms with van der Waals surface area (Å²) in [7, 11) is 1.98. The third-order valence-corrected chi connectivity index (χ3v) is 7.59. The molecule has 0 aromatic carbocycles. The molecule has 0 aromatic heterocycles. The first-order valence-electron chi connectivity index (χ1n) is 12.9. The molecule has 35 heavy (non-hydrogen) atoms. The fourth-order valence-corrected chi connectivity index (χ4v) is 5.71. The number of carbonyl (C=O) groups is 3. The van der Waals surface area contributed by atoms with Crippen molar-refractivity contribution in [1.82, 2.24) is 26.2 Å². The van der Waals surface area contributed by atoms with Crippen LogP contribution < -0.4 is 21.3 Å². The monoisotopic (exact) mass is 515 g/mol. The van der Waals surface area contributed by atoms with E-state index >= 15 is 0 Å². The second kappa shape index (κ2) is 17.9. The van der Waals surface area contributed by atoms with Crippen LogP contribution in [0.2, 0.25) is 0 Å². The summed E-state index contributed by atoms with van der Waals surface area (Å²) < 4.78 is 11.1. The van der Waals surface area contributed by atoms with Crippen molar-refractivity contribution < 1.29 is 23.9 Å². The molecule has 2 aliphatic heterocycles. The highest BCUT2D eigenvalue weighted by atomic mass is 32.2. The molecule has 0 radical (unpaired) electrons. The maximum Gasteiger partial charge on any atom is 0.315 e. The number of urea groups is 1. The summed E-state index contributed by atoms with van der Waals surface area (Å²) >= 11 is 1.95. The molecule has 2 rings (SSSR count). The molecule has 0 aromatic rings. The lowest BCUT2D eigenvalue weighted by Gasteiger charge is -2.19. The Balaban J connectivity index is 1.32. The Hall–Kier alpha value is -1.40. The zero-order valence-electron chi connectivity index (χ0n) is 21.4. The van der Waals surface area contributed by atoms with Crippen molar-refractivity contribution in [3.05, 3.63) is 0 Å². The van der Waals surface area contributed by atoms with Crippen LogP contribution in [0, 0.1) is 0 Å². The Bertz CT molecular complexity index is 641. The third kappa shape index (κ3) is 13.5. The first kappa shape index (κ1) is 29.8. The topological polar surface area (TPSA) is 121 Å². The van der Waals surface area contributed by atoms with Gasteiger partial charge in [-0.2, -0.15) is 11.8 Å². The number of nitrogens with zero attached hydrogens (tertiary/aromatic N) is 1. The Kier molecular flexibility index (Phi) is 15.3. The van der Waals surface area contributed by atoms with Crippen LogP contribution in [0.4, 0.5) is 4.79 Å². The molecule has 2 heterocycles. The largest absolute Gasteiger partial charge is 0.379 e. The molecule has 0 aliphatic carbocycles. The van der Waals surface area contributed by atoms with E-state index in [1.54, 1.807) is 6.92 Å². The highest BCUT2D eigenvalue weighted by Gasteiger charge is 2.42. The van der Waals surface area contributed by atoms with Gasteiger partial charge in [-0.05, 0) is 52.7 Å². The molecule has 0 spiro atoms. The van der Waals surface area contributed by atoms with Gasteiger partial charge in [0.25, 0.3) is 0 Å². The van der Waals surface area contributed by atoms with Crippen molar-refractivity contribution in [3.8, 4) is 0 Å². The predicted octanol–water partition coefficient (Wildman–Crippen LogP) is 0.752. The first-order chi connectivity index (χ1) is 17.0. The van der Waals surface area contributed by atoms with E-state index in [2.05, 4.69) is 26.2 Å². The van der Waals surface area contributed by atoms with Crippen molar-refractivity contribution in [2.75, 3.05) is 72.0 Å². The molecule has 4 N–H and O–H groups in total. The summed E-state index contributed by atoms with van der Waals surface area (Å²) in [4.78, 5) is 36.4. The summed E-state index contributed by atoms with van der Waals surface area (Å²) in [5.74, 6) is 1.24. The number of unbranched alkanes of at least 4 members (excludes halogenated alkanes) is 1. The molecule has 3 amide bonds. The van der Waals surface area contributed by atoms with Crippen LogP contribution in [0.5, 0.6) is 0 Å². The van der Waals surface area contributed by atoms with Crippen molar-refractivity contribution >= 4 is 29.5 Å². The van der Waals surface area contributed by atoms with Gasteiger partial charge in [-0.1, -0.05) is 6.42 Å². The van der Waals surface area contributed by atoms with Gasteiger partial charge in [-0.25, -0.2) is 4.79 Å². The van der Waals surface area contributed by atoms with E-state index in [1.165, 1.54) is 0 Å². The van der Waals surface area contributed by atoms with Crippen molar-refractivity contribution in [2.45, 2.75) is 62.8 Å². The van der Waals surface area contributed by atoms with E-state index in [0.29, 0.717) is 51.2 Å². The molecule has 0 unspecified atom stereocenters. The third-order valence-electron chi connectivity index (χ3n) is 6.09. The number of carbonyl (C=O) groups excluding carboxylic acids is 3. The van der Waals surface area contributed by atoms with Gasteiger partial charge in [0, 0.05) is 43.7 Å². The number of hydrogen-bond donors (Lipinski definition) is 4. The number of amides is 3. The molecule has 202 valence electrons. The van der Waals surface area contributed by atoms with E-state index in [4.69, 9.17) is 9.47 Å². The van der Waals surface area contributed by atoms with Crippen molar-refractivity contribution in [1.29, 1.82) is 0 Å². The highest BCUT2D eigenvalue weighted by Crippen LogP contribution is 2.33.